The Morgan fingerprint density at radius 1 is 1.10 bits per heavy atom. The number of halogens is 1. The highest BCUT2D eigenvalue weighted by Gasteiger charge is 2.23. The van der Waals surface area contributed by atoms with Crippen molar-refractivity contribution in [2.45, 2.75) is 13.8 Å². The van der Waals surface area contributed by atoms with Crippen LogP contribution < -0.4 is 10.6 Å². The van der Waals surface area contributed by atoms with Gasteiger partial charge in [0.05, 0.1) is 5.02 Å². The van der Waals surface area contributed by atoms with Crippen LogP contribution in [0.4, 0.5) is 5.69 Å². The first kappa shape index (κ1) is 21.1. The summed E-state index contributed by atoms with van der Waals surface area (Å²) in [6.45, 7) is 2.88. The van der Waals surface area contributed by atoms with E-state index in [4.69, 9.17) is 21.2 Å². The van der Waals surface area contributed by atoms with E-state index in [0.29, 0.717) is 33.3 Å². The lowest BCUT2D eigenvalue weighted by Crippen LogP contribution is -2.29. The summed E-state index contributed by atoms with van der Waals surface area (Å²) >= 11 is 6.24. The maximum absolute atomic E-state index is 13.0. The van der Waals surface area contributed by atoms with Crippen LogP contribution in [-0.4, -0.2) is 34.6 Å². The highest BCUT2D eigenvalue weighted by Crippen LogP contribution is 2.31. The molecule has 0 radical (unpaired) electrons. The Kier molecular flexibility index (Phi) is 6.17. The SMILES string of the molecule is Cc1ccc(C(=O)NCC(=O)O)cc1NC(=O)c1c(-c2ccccc2Cl)noc1C. The summed E-state index contributed by atoms with van der Waals surface area (Å²) in [5.74, 6) is -1.88. The largest absolute Gasteiger partial charge is 0.480 e. The smallest absolute Gasteiger partial charge is 0.322 e. The molecule has 0 bridgehead atoms. The number of aliphatic carboxylic acids is 1. The van der Waals surface area contributed by atoms with Crippen molar-refractivity contribution in [3.05, 3.63) is 69.9 Å². The monoisotopic (exact) mass is 427 g/mol. The van der Waals surface area contributed by atoms with Crippen molar-refractivity contribution < 1.29 is 24.0 Å². The molecule has 8 nitrogen and oxygen atoms in total. The van der Waals surface area contributed by atoms with Crippen LogP contribution >= 0.6 is 11.6 Å². The molecule has 2 aromatic carbocycles. The number of carboxylic acids is 1. The van der Waals surface area contributed by atoms with Crippen LogP contribution in [-0.2, 0) is 4.79 Å². The fourth-order valence-corrected chi connectivity index (χ4v) is 3.04. The van der Waals surface area contributed by atoms with E-state index in [1.807, 2.05) is 0 Å². The zero-order valence-electron chi connectivity index (χ0n) is 16.2. The van der Waals surface area contributed by atoms with Crippen molar-refractivity contribution in [1.29, 1.82) is 0 Å². The molecule has 1 aromatic heterocycles. The summed E-state index contributed by atoms with van der Waals surface area (Å²) in [6.07, 6.45) is 0. The van der Waals surface area contributed by atoms with E-state index in [2.05, 4.69) is 15.8 Å². The van der Waals surface area contributed by atoms with Crippen molar-refractivity contribution in [1.82, 2.24) is 10.5 Å². The number of amides is 2. The molecule has 0 spiro atoms. The zero-order valence-corrected chi connectivity index (χ0v) is 16.9. The summed E-state index contributed by atoms with van der Waals surface area (Å²) in [4.78, 5) is 35.8. The molecule has 30 heavy (non-hydrogen) atoms. The number of rotatable bonds is 6. The van der Waals surface area contributed by atoms with Crippen molar-refractivity contribution in [3.63, 3.8) is 0 Å². The number of carboxylic acid groups (broad SMARTS) is 1. The van der Waals surface area contributed by atoms with Crippen LogP contribution in [0, 0.1) is 13.8 Å². The molecule has 0 aliphatic carbocycles. The van der Waals surface area contributed by atoms with E-state index >= 15 is 0 Å². The standard InChI is InChI=1S/C21H18ClN3O5/c1-11-7-8-13(20(28)23-10-17(26)27)9-16(11)24-21(29)18-12(2)30-25-19(18)14-5-3-4-6-15(14)22/h3-9H,10H2,1-2H3,(H,23,28)(H,24,29)(H,26,27). The van der Waals surface area contributed by atoms with E-state index in [1.54, 1.807) is 50.2 Å². The molecular formula is C21H18ClN3O5. The molecular weight excluding hydrogens is 410 g/mol. The number of nitrogens with zero attached hydrogens (tertiary/aromatic N) is 1. The minimum atomic E-state index is -1.15. The van der Waals surface area contributed by atoms with Crippen LogP contribution in [0.5, 0.6) is 0 Å². The Labute approximate surface area is 176 Å². The highest BCUT2D eigenvalue weighted by molar-refractivity contribution is 6.33. The maximum Gasteiger partial charge on any atom is 0.322 e. The van der Waals surface area contributed by atoms with Gasteiger partial charge in [-0.1, -0.05) is 41.0 Å². The van der Waals surface area contributed by atoms with Crippen molar-refractivity contribution in [2.75, 3.05) is 11.9 Å². The molecule has 0 aliphatic heterocycles. The van der Waals surface area contributed by atoms with Crippen LogP contribution in [0.25, 0.3) is 11.3 Å². The third-order valence-corrected chi connectivity index (χ3v) is 4.70. The number of benzene rings is 2. The summed E-state index contributed by atoms with van der Waals surface area (Å²) in [6, 6.07) is 11.6. The van der Waals surface area contributed by atoms with Gasteiger partial charge in [0.15, 0.2) is 0 Å². The minimum absolute atomic E-state index is 0.213. The second-order valence-electron chi connectivity index (χ2n) is 6.50. The number of aryl methyl sites for hydroxylation is 2. The lowest BCUT2D eigenvalue weighted by Gasteiger charge is -2.11. The van der Waals surface area contributed by atoms with Crippen LogP contribution in [0.15, 0.2) is 47.0 Å². The number of hydrogen-bond donors (Lipinski definition) is 3. The average molecular weight is 428 g/mol. The molecule has 154 valence electrons. The Morgan fingerprint density at radius 3 is 2.53 bits per heavy atom. The molecule has 0 aliphatic rings. The van der Waals surface area contributed by atoms with E-state index in [1.165, 1.54) is 6.07 Å². The first-order valence-corrected chi connectivity index (χ1v) is 9.29. The quantitative estimate of drug-likeness (QED) is 0.551. The van der Waals surface area contributed by atoms with E-state index in [0.717, 1.165) is 0 Å². The highest BCUT2D eigenvalue weighted by atomic mass is 35.5. The van der Waals surface area contributed by atoms with Gasteiger partial charge >= 0.3 is 5.97 Å². The number of hydrogen-bond acceptors (Lipinski definition) is 5. The molecule has 0 atom stereocenters. The van der Waals surface area contributed by atoms with E-state index in [-0.39, 0.29) is 11.1 Å². The van der Waals surface area contributed by atoms with E-state index in [9.17, 15) is 14.4 Å². The molecule has 0 fully saturated rings. The fourth-order valence-electron chi connectivity index (χ4n) is 2.82. The summed E-state index contributed by atoms with van der Waals surface area (Å²) < 4.78 is 5.22. The lowest BCUT2D eigenvalue weighted by molar-refractivity contribution is -0.135. The van der Waals surface area contributed by atoms with Crippen molar-refractivity contribution >= 4 is 35.1 Å². The Morgan fingerprint density at radius 2 is 1.83 bits per heavy atom. The normalized spacial score (nSPS) is 10.5. The Bertz CT molecular complexity index is 1140. The van der Waals surface area contributed by atoms with Gasteiger partial charge in [-0.15, -0.1) is 0 Å². The van der Waals surface area contributed by atoms with Crippen LogP contribution in [0.1, 0.15) is 32.0 Å². The van der Waals surface area contributed by atoms with Crippen LogP contribution in [0.3, 0.4) is 0 Å². The Balaban J connectivity index is 1.90. The molecule has 0 saturated carbocycles. The fraction of sp³-hybridized carbons (Fsp3) is 0.143. The second-order valence-corrected chi connectivity index (χ2v) is 6.91. The number of anilines is 1. The zero-order chi connectivity index (χ0) is 21.8. The van der Waals surface area contributed by atoms with Crippen molar-refractivity contribution in [3.8, 4) is 11.3 Å². The van der Waals surface area contributed by atoms with Gasteiger partial charge in [0.25, 0.3) is 11.8 Å². The summed E-state index contributed by atoms with van der Waals surface area (Å²) in [5, 5.41) is 18.2. The van der Waals surface area contributed by atoms with E-state index < -0.39 is 24.3 Å². The molecule has 3 aromatic rings. The number of nitrogens with one attached hydrogen (secondary N) is 2. The topological polar surface area (TPSA) is 122 Å². The molecule has 0 unspecified atom stereocenters. The van der Waals surface area contributed by atoms with Gasteiger partial charge in [0, 0.05) is 16.8 Å². The molecule has 3 rings (SSSR count). The molecule has 3 N–H and O–H groups in total. The second kappa shape index (κ2) is 8.79. The lowest BCUT2D eigenvalue weighted by atomic mass is 10.0. The predicted octanol–water partition coefficient (Wildman–Crippen LogP) is 3.68. The van der Waals surface area contributed by atoms with Crippen molar-refractivity contribution in [2.24, 2.45) is 0 Å². The summed E-state index contributed by atoms with van der Waals surface area (Å²) in [5.41, 5.74) is 2.41. The first-order chi connectivity index (χ1) is 14.3. The molecule has 0 saturated heterocycles. The van der Waals surface area contributed by atoms with Gasteiger partial charge in [0.2, 0.25) is 0 Å². The van der Waals surface area contributed by atoms with Gasteiger partial charge in [-0.2, -0.15) is 0 Å². The number of carbonyl (C=O) groups excluding carboxylic acids is 2. The van der Waals surface area contributed by atoms with Crippen LogP contribution in [0.2, 0.25) is 5.02 Å². The molecule has 2 amide bonds. The van der Waals surface area contributed by atoms with Gasteiger partial charge in [-0.05, 0) is 37.6 Å². The van der Waals surface area contributed by atoms with Gasteiger partial charge in [-0.3, -0.25) is 14.4 Å². The predicted molar refractivity (Wildman–Crippen MR) is 111 cm³/mol. The Hall–Kier alpha value is -3.65. The number of carbonyl (C=O) groups is 3. The molecule has 9 heteroatoms. The third-order valence-electron chi connectivity index (χ3n) is 4.37. The third kappa shape index (κ3) is 4.49. The van der Waals surface area contributed by atoms with Gasteiger partial charge in [0.1, 0.15) is 23.6 Å². The summed E-state index contributed by atoms with van der Waals surface area (Å²) in [7, 11) is 0. The number of aromatic nitrogens is 1. The maximum atomic E-state index is 13.0. The molecule has 1 heterocycles. The first-order valence-electron chi connectivity index (χ1n) is 8.91. The minimum Gasteiger partial charge on any atom is -0.480 e. The van der Waals surface area contributed by atoms with Gasteiger partial charge < -0.3 is 20.3 Å². The van der Waals surface area contributed by atoms with Gasteiger partial charge in [-0.25, -0.2) is 0 Å². The average Bonchev–Trinajstić information content (AvgIpc) is 3.09.